The normalized spacial score (nSPS) is 12.8. The molecule has 0 saturated carbocycles. The minimum Gasteiger partial charge on any atom is -0.487 e. The van der Waals surface area contributed by atoms with E-state index in [0.29, 0.717) is 17.3 Å². The lowest BCUT2D eigenvalue weighted by atomic mass is 10.3. The van der Waals surface area contributed by atoms with E-state index in [-0.39, 0.29) is 6.10 Å². The lowest BCUT2D eigenvalue weighted by Gasteiger charge is -2.18. The van der Waals surface area contributed by atoms with Crippen LogP contribution in [0, 0.1) is 13.8 Å². The van der Waals surface area contributed by atoms with Gasteiger partial charge in [0.2, 0.25) is 0 Å². The van der Waals surface area contributed by atoms with Crippen LogP contribution in [0.15, 0.2) is 29.3 Å². The van der Waals surface area contributed by atoms with E-state index in [2.05, 4.69) is 27.5 Å². The van der Waals surface area contributed by atoms with Crippen molar-refractivity contribution in [2.75, 3.05) is 20.1 Å². The third kappa shape index (κ3) is 6.21. The van der Waals surface area contributed by atoms with Crippen molar-refractivity contribution in [2.24, 2.45) is 4.99 Å². The number of nitrogens with one attached hydrogen (secondary N) is 2. The molecule has 0 aliphatic carbocycles. The molecule has 0 aliphatic rings. The third-order valence-corrected chi connectivity index (χ3v) is 5.09. The summed E-state index contributed by atoms with van der Waals surface area (Å²) >= 11 is 7.86. The van der Waals surface area contributed by atoms with Crippen molar-refractivity contribution in [2.45, 2.75) is 33.3 Å². The summed E-state index contributed by atoms with van der Waals surface area (Å²) in [5.74, 6) is 1.44. The van der Waals surface area contributed by atoms with Crippen LogP contribution in [0.5, 0.6) is 5.75 Å². The van der Waals surface area contributed by atoms with E-state index < -0.39 is 0 Å². The summed E-state index contributed by atoms with van der Waals surface area (Å²) in [5.41, 5.74) is 1.12. The SMILES string of the molecule is CN=C(NCCc1nc(C)c(C)s1)NCC(C)Oc1ccccc1Cl. The number of hydrogen-bond acceptors (Lipinski definition) is 4. The number of ether oxygens (including phenoxy) is 1. The second-order valence-electron chi connectivity index (χ2n) is 5.74. The Hall–Kier alpha value is -1.79. The average molecular weight is 381 g/mol. The summed E-state index contributed by atoms with van der Waals surface area (Å²) in [5, 5.41) is 8.33. The maximum Gasteiger partial charge on any atom is 0.191 e. The van der Waals surface area contributed by atoms with Gasteiger partial charge in [-0.1, -0.05) is 23.7 Å². The van der Waals surface area contributed by atoms with Gasteiger partial charge in [0.1, 0.15) is 11.9 Å². The fourth-order valence-electron chi connectivity index (χ4n) is 2.19. The Morgan fingerprint density at radius 3 is 2.72 bits per heavy atom. The summed E-state index contributed by atoms with van der Waals surface area (Å²) < 4.78 is 5.84. The molecule has 2 aromatic rings. The predicted octanol–water partition coefficient (Wildman–Crippen LogP) is 3.59. The van der Waals surface area contributed by atoms with E-state index in [9.17, 15) is 0 Å². The van der Waals surface area contributed by atoms with Crippen molar-refractivity contribution in [3.8, 4) is 5.75 Å². The molecule has 5 nitrogen and oxygen atoms in total. The lowest BCUT2D eigenvalue weighted by molar-refractivity contribution is 0.224. The van der Waals surface area contributed by atoms with Gasteiger partial charge in [0.15, 0.2) is 5.96 Å². The van der Waals surface area contributed by atoms with Crippen LogP contribution in [-0.4, -0.2) is 37.2 Å². The van der Waals surface area contributed by atoms with E-state index >= 15 is 0 Å². The smallest absolute Gasteiger partial charge is 0.191 e. The van der Waals surface area contributed by atoms with Gasteiger partial charge in [-0.2, -0.15) is 0 Å². The molecular weight excluding hydrogens is 356 g/mol. The first-order chi connectivity index (χ1) is 12.0. The molecule has 0 bridgehead atoms. The topological polar surface area (TPSA) is 58.5 Å². The summed E-state index contributed by atoms with van der Waals surface area (Å²) in [4.78, 5) is 10.1. The molecule has 0 aliphatic heterocycles. The van der Waals surface area contributed by atoms with Gasteiger partial charge >= 0.3 is 0 Å². The Morgan fingerprint density at radius 1 is 1.32 bits per heavy atom. The van der Waals surface area contributed by atoms with Gasteiger partial charge in [0.05, 0.1) is 22.3 Å². The highest BCUT2D eigenvalue weighted by atomic mass is 35.5. The first-order valence-corrected chi connectivity index (χ1v) is 9.47. The summed E-state index contributed by atoms with van der Waals surface area (Å²) in [6, 6.07) is 7.47. The van der Waals surface area contributed by atoms with E-state index in [4.69, 9.17) is 16.3 Å². The molecule has 136 valence electrons. The Kier molecular flexibility index (Phi) is 7.52. The van der Waals surface area contributed by atoms with Gasteiger partial charge in [-0.05, 0) is 32.9 Å². The van der Waals surface area contributed by atoms with Crippen LogP contribution < -0.4 is 15.4 Å². The number of guanidine groups is 1. The molecule has 0 fully saturated rings. The molecular formula is C18H25ClN4OS. The van der Waals surface area contributed by atoms with E-state index in [1.165, 1.54) is 4.88 Å². The number of aliphatic imine (C=N–C) groups is 1. The third-order valence-electron chi connectivity index (χ3n) is 3.65. The van der Waals surface area contributed by atoms with E-state index in [0.717, 1.165) is 29.6 Å². The van der Waals surface area contributed by atoms with Gasteiger partial charge in [-0.25, -0.2) is 4.98 Å². The number of benzene rings is 1. The highest BCUT2D eigenvalue weighted by Gasteiger charge is 2.08. The van der Waals surface area contributed by atoms with Crippen molar-refractivity contribution >= 4 is 28.9 Å². The van der Waals surface area contributed by atoms with Crippen molar-refractivity contribution in [3.63, 3.8) is 0 Å². The predicted molar refractivity (Wildman–Crippen MR) is 106 cm³/mol. The highest BCUT2D eigenvalue weighted by Crippen LogP contribution is 2.24. The van der Waals surface area contributed by atoms with Crippen LogP contribution in [0.25, 0.3) is 0 Å². The molecule has 1 unspecified atom stereocenters. The number of aromatic nitrogens is 1. The molecule has 1 heterocycles. The Labute approximate surface area is 158 Å². The van der Waals surface area contributed by atoms with Crippen molar-refractivity contribution in [1.82, 2.24) is 15.6 Å². The number of aryl methyl sites for hydroxylation is 2. The fraction of sp³-hybridized carbons (Fsp3) is 0.444. The molecule has 25 heavy (non-hydrogen) atoms. The molecule has 1 aromatic carbocycles. The second-order valence-corrected chi connectivity index (χ2v) is 7.43. The minimum absolute atomic E-state index is 0.0392. The van der Waals surface area contributed by atoms with Gasteiger partial charge in [-0.15, -0.1) is 11.3 Å². The van der Waals surface area contributed by atoms with E-state index in [1.54, 1.807) is 18.4 Å². The number of nitrogens with zero attached hydrogens (tertiary/aromatic N) is 2. The van der Waals surface area contributed by atoms with Gasteiger partial charge in [0, 0.05) is 24.9 Å². The molecule has 2 N–H and O–H groups in total. The van der Waals surface area contributed by atoms with Crippen molar-refractivity contribution < 1.29 is 4.74 Å². The second kappa shape index (κ2) is 9.63. The summed E-state index contributed by atoms with van der Waals surface area (Å²) in [6.07, 6.45) is 0.842. The molecule has 1 aromatic heterocycles. The zero-order chi connectivity index (χ0) is 18.2. The molecule has 0 radical (unpaired) electrons. The Balaban J connectivity index is 1.73. The standard InChI is InChI=1S/C18H25ClN4OS/c1-12(24-16-8-6-5-7-15(16)19)11-22-18(20-4)21-10-9-17-23-13(2)14(3)25-17/h5-8,12H,9-11H2,1-4H3,(H2,20,21,22). The first-order valence-electron chi connectivity index (χ1n) is 8.28. The average Bonchev–Trinajstić information content (AvgIpc) is 2.91. The zero-order valence-electron chi connectivity index (χ0n) is 15.1. The number of rotatable bonds is 7. The van der Waals surface area contributed by atoms with E-state index in [1.807, 2.05) is 38.1 Å². The van der Waals surface area contributed by atoms with Crippen molar-refractivity contribution in [3.05, 3.63) is 44.9 Å². The molecule has 0 saturated heterocycles. The zero-order valence-corrected chi connectivity index (χ0v) is 16.7. The maximum absolute atomic E-state index is 6.11. The summed E-state index contributed by atoms with van der Waals surface area (Å²) in [7, 11) is 1.76. The van der Waals surface area contributed by atoms with Crippen LogP contribution in [0.2, 0.25) is 5.02 Å². The molecule has 1 atom stereocenters. The molecule has 7 heteroatoms. The molecule has 0 amide bonds. The quantitative estimate of drug-likeness (QED) is 0.569. The lowest BCUT2D eigenvalue weighted by Crippen LogP contribution is -2.42. The highest BCUT2D eigenvalue weighted by molar-refractivity contribution is 7.11. The fourth-order valence-corrected chi connectivity index (χ4v) is 3.31. The van der Waals surface area contributed by atoms with Crippen molar-refractivity contribution in [1.29, 1.82) is 0 Å². The monoisotopic (exact) mass is 380 g/mol. The molecule has 2 rings (SSSR count). The molecule has 0 spiro atoms. The van der Waals surface area contributed by atoms with Gasteiger partial charge in [-0.3, -0.25) is 4.99 Å². The maximum atomic E-state index is 6.11. The van der Waals surface area contributed by atoms with Crippen LogP contribution in [0.4, 0.5) is 0 Å². The largest absolute Gasteiger partial charge is 0.487 e. The summed E-state index contributed by atoms with van der Waals surface area (Å²) in [6.45, 7) is 7.55. The number of thiazole rings is 1. The number of para-hydroxylation sites is 1. The number of hydrogen-bond donors (Lipinski definition) is 2. The first kappa shape index (κ1) is 19.5. The number of halogens is 1. The minimum atomic E-state index is -0.0392. The Bertz CT molecular complexity index is 697. The van der Waals surface area contributed by atoms with Gasteiger partial charge < -0.3 is 15.4 Å². The van der Waals surface area contributed by atoms with Crippen LogP contribution in [0.3, 0.4) is 0 Å². The van der Waals surface area contributed by atoms with Crippen LogP contribution in [0.1, 0.15) is 22.5 Å². The van der Waals surface area contributed by atoms with Crippen LogP contribution >= 0.6 is 22.9 Å². The Morgan fingerprint density at radius 2 is 2.08 bits per heavy atom. The van der Waals surface area contributed by atoms with Gasteiger partial charge in [0.25, 0.3) is 0 Å². The van der Waals surface area contributed by atoms with Crippen LogP contribution in [-0.2, 0) is 6.42 Å².